The zero-order chi connectivity index (χ0) is 21.6. The van der Waals surface area contributed by atoms with Crippen molar-refractivity contribution in [1.29, 1.82) is 0 Å². The van der Waals surface area contributed by atoms with Crippen LogP contribution in [0.25, 0.3) is 0 Å². The summed E-state index contributed by atoms with van der Waals surface area (Å²) in [7, 11) is 0. The Morgan fingerprint density at radius 3 is 2.52 bits per heavy atom. The summed E-state index contributed by atoms with van der Waals surface area (Å²) >= 11 is 6.16. The average Bonchev–Trinajstić information content (AvgIpc) is 3.15. The summed E-state index contributed by atoms with van der Waals surface area (Å²) < 4.78 is 26.2. The Bertz CT molecular complexity index is 794. The van der Waals surface area contributed by atoms with E-state index >= 15 is 0 Å². The standard InChI is InChI=1S/C26H36F2N2S/c27-23(28)11-10-21-18-12-25(19-4-2-1-3-5-19)14-22(21)26(13-18,16-25)24(31)30-20-8-6-17(15-29)7-9-20/h1-5,17-18,20-23H,6-16,29H2,(H,30,31). The largest absolute Gasteiger partial charge is 0.376 e. The second kappa shape index (κ2) is 8.37. The molecule has 0 aliphatic heterocycles. The van der Waals surface area contributed by atoms with E-state index in [-0.39, 0.29) is 17.3 Å². The van der Waals surface area contributed by atoms with Crippen LogP contribution in [0, 0.1) is 29.1 Å². The van der Waals surface area contributed by atoms with E-state index < -0.39 is 6.43 Å². The summed E-state index contributed by atoms with van der Waals surface area (Å²) in [5.74, 6) is 2.04. The number of rotatable bonds is 7. The fourth-order valence-corrected chi connectivity index (χ4v) is 8.61. The number of nitrogens with one attached hydrogen (secondary N) is 1. The molecule has 0 aromatic heterocycles. The third kappa shape index (κ3) is 3.74. The highest BCUT2D eigenvalue weighted by Crippen LogP contribution is 2.73. The van der Waals surface area contributed by atoms with E-state index in [2.05, 4.69) is 35.6 Å². The van der Waals surface area contributed by atoms with Gasteiger partial charge in [0, 0.05) is 17.9 Å². The molecule has 5 aliphatic carbocycles. The molecule has 5 saturated carbocycles. The number of thiocarbonyl (C=S) groups is 1. The normalized spacial score (nSPS) is 41.1. The minimum atomic E-state index is -2.20. The summed E-state index contributed by atoms with van der Waals surface area (Å²) in [4.78, 5) is 1.05. The highest BCUT2D eigenvalue weighted by Gasteiger charge is 2.69. The minimum absolute atomic E-state index is 0.00555. The molecule has 0 amide bonds. The molecule has 2 nitrogen and oxygen atoms in total. The summed E-state index contributed by atoms with van der Waals surface area (Å²) in [5.41, 5.74) is 7.49. The summed E-state index contributed by atoms with van der Waals surface area (Å²) in [5, 5.41) is 3.81. The van der Waals surface area contributed by atoms with Crippen LogP contribution in [0.5, 0.6) is 0 Å². The van der Waals surface area contributed by atoms with Crippen LogP contribution in [0.2, 0.25) is 0 Å². The maximum atomic E-state index is 13.1. The number of halogens is 2. The Balaban J connectivity index is 1.38. The van der Waals surface area contributed by atoms with Gasteiger partial charge < -0.3 is 11.1 Å². The first-order valence-corrected chi connectivity index (χ1v) is 12.7. The van der Waals surface area contributed by atoms with Gasteiger partial charge in [-0.3, -0.25) is 0 Å². The van der Waals surface area contributed by atoms with Crippen LogP contribution in [0.3, 0.4) is 0 Å². The van der Waals surface area contributed by atoms with Crippen molar-refractivity contribution in [2.75, 3.05) is 6.54 Å². The maximum absolute atomic E-state index is 13.1. The molecule has 0 radical (unpaired) electrons. The average molecular weight is 447 g/mol. The first kappa shape index (κ1) is 21.8. The molecular weight excluding hydrogens is 410 g/mol. The van der Waals surface area contributed by atoms with Gasteiger partial charge in [0.25, 0.3) is 0 Å². The van der Waals surface area contributed by atoms with Gasteiger partial charge in [-0.05, 0) is 99.0 Å². The monoisotopic (exact) mass is 446 g/mol. The zero-order valence-corrected chi connectivity index (χ0v) is 19.2. The summed E-state index contributed by atoms with van der Waals surface area (Å²) in [6, 6.07) is 11.4. The lowest BCUT2D eigenvalue weighted by Gasteiger charge is -2.44. The Hall–Kier alpha value is -1.07. The molecule has 170 valence electrons. The molecule has 5 heteroatoms. The van der Waals surface area contributed by atoms with Gasteiger partial charge in [0.05, 0.1) is 4.99 Å². The Morgan fingerprint density at radius 2 is 1.84 bits per heavy atom. The molecule has 5 unspecified atom stereocenters. The van der Waals surface area contributed by atoms with Crippen LogP contribution in [0.4, 0.5) is 8.78 Å². The minimum Gasteiger partial charge on any atom is -0.376 e. The third-order valence-corrected chi connectivity index (χ3v) is 9.97. The smallest absolute Gasteiger partial charge is 0.238 e. The van der Waals surface area contributed by atoms with E-state index in [1.54, 1.807) is 0 Å². The molecule has 31 heavy (non-hydrogen) atoms. The molecule has 0 heterocycles. The van der Waals surface area contributed by atoms with Crippen LogP contribution in [-0.2, 0) is 5.41 Å². The Morgan fingerprint density at radius 1 is 1.10 bits per heavy atom. The van der Waals surface area contributed by atoms with Gasteiger partial charge in [0.15, 0.2) is 0 Å². The molecule has 1 aromatic carbocycles. The van der Waals surface area contributed by atoms with E-state index in [1.807, 2.05) is 0 Å². The highest BCUT2D eigenvalue weighted by molar-refractivity contribution is 7.80. The van der Waals surface area contributed by atoms with Crippen molar-refractivity contribution in [2.45, 2.75) is 82.1 Å². The van der Waals surface area contributed by atoms with Gasteiger partial charge in [-0.25, -0.2) is 8.78 Å². The predicted molar refractivity (Wildman–Crippen MR) is 125 cm³/mol. The first-order valence-electron chi connectivity index (χ1n) is 12.3. The summed E-state index contributed by atoms with van der Waals surface area (Å²) in [6.07, 6.45) is 7.61. The number of benzene rings is 1. The first-order chi connectivity index (χ1) is 15.0. The van der Waals surface area contributed by atoms with Crippen molar-refractivity contribution in [3.8, 4) is 0 Å². The summed E-state index contributed by atoms with van der Waals surface area (Å²) in [6.45, 7) is 0.788. The molecule has 3 N–H and O–H groups in total. The molecule has 5 atom stereocenters. The van der Waals surface area contributed by atoms with E-state index in [0.717, 1.165) is 50.1 Å². The fourth-order valence-electron chi connectivity index (χ4n) is 8.13. The van der Waals surface area contributed by atoms with E-state index in [9.17, 15) is 8.78 Å². The lowest BCUT2D eigenvalue weighted by Crippen LogP contribution is -2.47. The van der Waals surface area contributed by atoms with Crippen molar-refractivity contribution in [3.05, 3.63) is 35.9 Å². The van der Waals surface area contributed by atoms with Crippen LogP contribution < -0.4 is 11.1 Å². The second-order valence-electron chi connectivity index (χ2n) is 11.0. The van der Waals surface area contributed by atoms with Gasteiger partial charge in [0.1, 0.15) is 0 Å². The van der Waals surface area contributed by atoms with Gasteiger partial charge in [0.2, 0.25) is 6.43 Å². The molecule has 0 saturated heterocycles. The van der Waals surface area contributed by atoms with Crippen LogP contribution >= 0.6 is 12.2 Å². The number of nitrogens with two attached hydrogens (primary N) is 1. The predicted octanol–water partition coefficient (Wildman–Crippen LogP) is 5.84. The van der Waals surface area contributed by atoms with E-state index in [1.165, 1.54) is 18.4 Å². The van der Waals surface area contributed by atoms with Gasteiger partial charge in [-0.15, -0.1) is 0 Å². The maximum Gasteiger partial charge on any atom is 0.238 e. The van der Waals surface area contributed by atoms with Crippen LogP contribution in [-0.4, -0.2) is 24.0 Å². The lowest BCUT2D eigenvalue weighted by atomic mass is 9.61. The lowest BCUT2D eigenvalue weighted by molar-refractivity contribution is 0.0995. The quantitative estimate of drug-likeness (QED) is 0.517. The van der Waals surface area contributed by atoms with Gasteiger partial charge in [-0.2, -0.15) is 0 Å². The van der Waals surface area contributed by atoms with Crippen molar-refractivity contribution in [2.24, 2.45) is 34.8 Å². The highest BCUT2D eigenvalue weighted by atomic mass is 32.1. The second-order valence-corrected chi connectivity index (χ2v) is 11.4. The van der Waals surface area contributed by atoms with E-state index in [0.29, 0.717) is 36.1 Å². The van der Waals surface area contributed by atoms with E-state index in [4.69, 9.17) is 18.0 Å². The molecule has 5 fully saturated rings. The van der Waals surface area contributed by atoms with Crippen LogP contribution in [0.15, 0.2) is 30.3 Å². The molecule has 0 spiro atoms. The fraction of sp³-hybridized carbons (Fsp3) is 0.731. The zero-order valence-electron chi connectivity index (χ0n) is 18.4. The topological polar surface area (TPSA) is 38.0 Å². The third-order valence-electron chi connectivity index (χ3n) is 9.45. The number of hydrogen-bond donors (Lipinski definition) is 2. The number of alkyl halides is 2. The molecule has 5 aliphatic rings. The molecule has 4 bridgehead atoms. The van der Waals surface area contributed by atoms with Crippen molar-refractivity contribution in [3.63, 3.8) is 0 Å². The number of hydrogen-bond acceptors (Lipinski definition) is 2. The van der Waals surface area contributed by atoms with Gasteiger partial charge >= 0.3 is 0 Å². The van der Waals surface area contributed by atoms with Crippen molar-refractivity contribution < 1.29 is 8.78 Å². The molecular formula is C26H36F2N2S. The molecule has 1 aromatic rings. The van der Waals surface area contributed by atoms with Crippen molar-refractivity contribution in [1.82, 2.24) is 5.32 Å². The van der Waals surface area contributed by atoms with Gasteiger partial charge in [-0.1, -0.05) is 42.5 Å². The molecule has 6 rings (SSSR count). The Labute approximate surface area is 190 Å². The van der Waals surface area contributed by atoms with Crippen LogP contribution in [0.1, 0.15) is 69.8 Å². The van der Waals surface area contributed by atoms with Crippen molar-refractivity contribution >= 4 is 17.2 Å². The Kier molecular flexibility index (Phi) is 5.87. The SMILES string of the molecule is NCC1CCC(NC(=S)C23CC4CC(c5ccccc5)(CC2C4CCC(F)F)C3)CC1.